The topological polar surface area (TPSA) is 77.2 Å². The summed E-state index contributed by atoms with van der Waals surface area (Å²) in [6.45, 7) is 2.88. The lowest BCUT2D eigenvalue weighted by Crippen LogP contribution is -2.51. The Morgan fingerprint density at radius 3 is 3.00 bits per heavy atom. The summed E-state index contributed by atoms with van der Waals surface area (Å²) in [5.41, 5.74) is 4.06. The number of fused-ring (bicyclic) bond motifs is 2. The van der Waals surface area contributed by atoms with Gasteiger partial charge in [-0.2, -0.15) is 0 Å². The van der Waals surface area contributed by atoms with Crippen LogP contribution < -0.4 is 10.6 Å². The van der Waals surface area contributed by atoms with Crippen molar-refractivity contribution in [2.24, 2.45) is 5.92 Å². The van der Waals surface area contributed by atoms with E-state index in [1.54, 1.807) is 0 Å². The van der Waals surface area contributed by atoms with Crippen LogP contribution >= 0.6 is 0 Å². The molecule has 6 heteroatoms. The van der Waals surface area contributed by atoms with Gasteiger partial charge in [0.05, 0.1) is 0 Å². The Morgan fingerprint density at radius 2 is 2.20 bits per heavy atom. The van der Waals surface area contributed by atoms with Crippen LogP contribution in [-0.4, -0.2) is 48.0 Å². The second-order valence-electron chi connectivity index (χ2n) is 7.39. The van der Waals surface area contributed by atoms with Crippen molar-refractivity contribution in [3.63, 3.8) is 0 Å². The number of amides is 3. The van der Waals surface area contributed by atoms with Crippen molar-refractivity contribution in [3.05, 3.63) is 35.5 Å². The van der Waals surface area contributed by atoms with Crippen LogP contribution in [0.4, 0.5) is 4.79 Å². The molecule has 3 atom stereocenters. The Bertz CT molecular complexity index is 828. The Morgan fingerprint density at radius 1 is 1.36 bits per heavy atom. The number of rotatable bonds is 2. The summed E-state index contributed by atoms with van der Waals surface area (Å²) in [4.78, 5) is 28.5. The van der Waals surface area contributed by atoms with Crippen molar-refractivity contribution < 1.29 is 9.59 Å². The number of piperidine rings is 1. The van der Waals surface area contributed by atoms with Crippen LogP contribution in [0.3, 0.4) is 0 Å². The van der Waals surface area contributed by atoms with Gasteiger partial charge in [-0.1, -0.05) is 12.1 Å². The molecule has 3 N–H and O–H groups in total. The van der Waals surface area contributed by atoms with Gasteiger partial charge in [-0.15, -0.1) is 0 Å². The quantitative estimate of drug-likeness (QED) is 0.782. The number of H-pyrrole nitrogens is 1. The standard InChI is InChI=1S/C19H24N4O2/c1-11(24)22-19(25)21-8-12-6-15-14-4-3-5-16-18(14)13(9-20-16)7-17(15)23(2)10-12/h3-5,9,12,15,17,20H,6-8,10H2,1-2H3,(H2,21,22,24,25)/t12-,15-,17-/m1/s1. The van der Waals surface area contributed by atoms with Crippen LogP contribution in [0.15, 0.2) is 24.4 Å². The molecule has 0 bridgehead atoms. The summed E-state index contributed by atoms with van der Waals surface area (Å²) in [6, 6.07) is 6.62. The Balaban J connectivity index is 1.53. The molecule has 0 radical (unpaired) electrons. The van der Waals surface area contributed by atoms with E-state index >= 15 is 0 Å². The first-order valence-corrected chi connectivity index (χ1v) is 8.87. The zero-order valence-electron chi connectivity index (χ0n) is 14.6. The molecule has 3 amide bonds. The molecular weight excluding hydrogens is 316 g/mol. The third-order valence-electron chi connectivity index (χ3n) is 5.65. The van der Waals surface area contributed by atoms with E-state index in [0.717, 1.165) is 19.4 Å². The summed E-state index contributed by atoms with van der Waals surface area (Å²) in [5, 5.41) is 6.49. The van der Waals surface area contributed by atoms with Crippen molar-refractivity contribution in [2.45, 2.75) is 31.7 Å². The highest BCUT2D eigenvalue weighted by Crippen LogP contribution is 2.44. The molecular formula is C19H24N4O2. The normalized spacial score (nSPS) is 25.4. The first kappa shape index (κ1) is 16.1. The van der Waals surface area contributed by atoms with Crippen LogP contribution in [0.25, 0.3) is 10.9 Å². The molecule has 6 nitrogen and oxygen atoms in total. The number of aromatic amines is 1. The molecule has 2 aromatic rings. The first-order chi connectivity index (χ1) is 12.0. The number of likely N-dealkylation sites (N-methyl/N-ethyl adjacent to an activating group) is 1. The molecule has 1 fully saturated rings. The maximum atomic E-state index is 11.7. The Kier molecular flexibility index (Phi) is 4.00. The number of nitrogens with one attached hydrogen (secondary N) is 3. The van der Waals surface area contributed by atoms with Gasteiger partial charge < -0.3 is 15.2 Å². The minimum absolute atomic E-state index is 0.336. The fraction of sp³-hybridized carbons (Fsp3) is 0.474. The monoisotopic (exact) mass is 340 g/mol. The number of nitrogens with zero attached hydrogens (tertiary/aromatic N) is 1. The molecule has 2 heterocycles. The summed E-state index contributed by atoms with van der Waals surface area (Å²) < 4.78 is 0. The fourth-order valence-electron chi connectivity index (χ4n) is 4.64. The maximum Gasteiger partial charge on any atom is 0.321 e. The molecule has 1 aromatic heterocycles. The highest BCUT2D eigenvalue weighted by atomic mass is 16.2. The molecule has 4 rings (SSSR count). The largest absolute Gasteiger partial charge is 0.361 e. The van der Waals surface area contributed by atoms with E-state index in [0.29, 0.717) is 24.4 Å². The lowest BCUT2D eigenvalue weighted by atomic mass is 9.72. The number of hydrogen-bond donors (Lipinski definition) is 3. The second kappa shape index (κ2) is 6.19. The van der Waals surface area contributed by atoms with Gasteiger partial charge in [-0.25, -0.2) is 4.79 Å². The van der Waals surface area contributed by atoms with E-state index in [1.807, 2.05) is 0 Å². The number of benzene rings is 1. The fourth-order valence-corrected chi connectivity index (χ4v) is 4.64. The van der Waals surface area contributed by atoms with Gasteiger partial charge >= 0.3 is 6.03 Å². The van der Waals surface area contributed by atoms with E-state index in [2.05, 4.69) is 52.0 Å². The Hall–Kier alpha value is -2.34. The van der Waals surface area contributed by atoms with Crippen molar-refractivity contribution in [3.8, 4) is 0 Å². The van der Waals surface area contributed by atoms with E-state index < -0.39 is 6.03 Å². The molecule has 0 spiro atoms. The first-order valence-electron chi connectivity index (χ1n) is 8.87. The SMILES string of the molecule is CC(=O)NC(=O)NC[C@H]1C[C@@H]2c3cccc4[nH]cc(c34)C[C@H]2N(C)C1. The predicted octanol–water partition coefficient (Wildman–Crippen LogP) is 1.97. The van der Waals surface area contributed by atoms with Crippen molar-refractivity contribution >= 4 is 22.8 Å². The molecule has 0 unspecified atom stereocenters. The molecule has 1 aromatic carbocycles. The second-order valence-corrected chi connectivity index (χ2v) is 7.39. The van der Waals surface area contributed by atoms with Crippen LogP contribution in [-0.2, 0) is 11.2 Å². The zero-order chi connectivity index (χ0) is 17.6. The minimum Gasteiger partial charge on any atom is -0.361 e. The zero-order valence-corrected chi connectivity index (χ0v) is 14.6. The van der Waals surface area contributed by atoms with Gasteiger partial charge in [-0.3, -0.25) is 10.1 Å². The highest BCUT2D eigenvalue weighted by molar-refractivity contribution is 5.93. The van der Waals surface area contributed by atoms with Gasteiger partial charge in [0.15, 0.2) is 0 Å². The summed E-state index contributed by atoms with van der Waals surface area (Å²) >= 11 is 0. The lowest BCUT2D eigenvalue weighted by Gasteiger charge is -2.45. The molecule has 1 aliphatic carbocycles. The van der Waals surface area contributed by atoms with Gasteiger partial charge in [-0.05, 0) is 43.0 Å². The summed E-state index contributed by atoms with van der Waals surface area (Å²) in [5.74, 6) is 0.519. The van der Waals surface area contributed by atoms with Crippen molar-refractivity contribution in [1.82, 2.24) is 20.5 Å². The summed E-state index contributed by atoms with van der Waals surface area (Å²) in [7, 11) is 2.18. The van der Waals surface area contributed by atoms with Gasteiger partial charge in [0.1, 0.15) is 0 Å². The van der Waals surface area contributed by atoms with Crippen LogP contribution in [0.5, 0.6) is 0 Å². The average molecular weight is 340 g/mol. The summed E-state index contributed by atoms with van der Waals surface area (Å²) in [6.07, 6.45) is 4.28. The van der Waals surface area contributed by atoms with Crippen LogP contribution in [0.2, 0.25) is 0 Å². The number of urea groups is 1. The van der Waals surface area contributed by atoms with E-state index in [4.69, 9.17) is 0 Å². The number of likely N-dealkylation sites (tertiary alicyclic amines) is 1. The number of imide groups is 1. The van der Waals surface area contributed by atoms with E-state index in [1.165, 1.54) is 29.0 Å². The van der Waals surface area contributed by atoms with Gasteiger partial charge in [0, 0.05) is 49.1 Å². The average Bonchev–Trinajstić information content (AvgIpc) is 2.98. The number of carbonyl (C=O) groups is 2. The number of aromatic nitrogens is 1. The molecule has 25 heavy (non-hydrogen) atoms. The highest BCUT2D eigenvalue weighted by Gasteiger charge is 2.39. The molecule has 0 saturated carbocycles. The molecule has 132 valence electrons. The predicted molar refractivity (Wildman–Crippen MR) is 96.5 cm³/mol. The Labute approximate surface area is 147 Å². The van der Waals surface area contributed by atoms with Gasteiger partial charge in [0.2, 0.25) is 5.91 Å². The smallest absolute Gasteiger partial charge is 0.321 e. The van der Waals surface area contributed by atoms with Crippen LogP contribution in [0, 0.1) is 5.92 Å². The van der Waals surface area contributed by atoms with E-state index in [-0.39, 0.29) is 5.91 Å². The molecule has 2 aliphatic rings. The lowest BCUT2D eigenvalue weighted by molar-refractivity contribution is -0.117. The molecule has 1 saturated heterocycles. The third-order valence-corrected chi connectivity index (χ3v) is 5.65. The number of carbonyl (C=O) groups excluding carboxylic acids is 2. The van der Waals surface area contributed by atoms with E-state index in [9.17, 15) is 9.59 Å². The van der Waals surface area contributed by atoms with Crippen molar-refractivity contribution in [1.29, 1.82) is 0 Å². The maximum absolute atomic E-state index is 11.7. The number of hydrogen-bond acceptors (Lipinski definition) is 3. The molecule has 1 aliphatic heterocycles. The third kappa shape index (κ3) is 2.91. The van der Waals surface area contributed by atoms with Gasteiger partial charge in [0.25, 0.3) is 0 Å². The van der Waals surface area contributed by atoms with Crippen LogP contribution in [0.1, 0.15) is 30.4 Å². The van der Waals surface area contributed by atoms with Crippen molar-refractivity contribution in [2.75, 3.05) is 20.1 Å². The minimum atomic E-state index is -0.407.